The number of benzene rings is 1. The Bertz CT molecular complexity index is 482. The summed E-state index contributed by atoms with van der Waals surface area (Å²) >= 11 is 0. The molecule has 0 amide bonds. The van der Waals surface area contributed by atoms with Gasteiger partial charge in [0.05, 0.1) is 13.2 Å². The summed E-state index contributed by atoms with van der Waals surface area (Å²) in [6.45, 7) is 5.09. The Balaban J connectivity index is 2.86. The van der Waals surface area contributed by atoms with E-state index >= 15 is 0 Å². The second-order valence-electron chi connectivity index (χ2n) is 4.65. The highest BCUT2D eigenvalue weighted by atomic mass is 16.5. The Labute approximate surface area is 124 Å². The van der Waals surface area contributed by atoms with Gasteiger partial charge in [0.15, 0.2) is 17.3 Å². The lowest BCUT2D eigenvalue weighted by Gasteiger charge is -2.13. The number of carboxylic acid groups (broad SMARTS) is 1. The van der Waals surface area contributed by atoms with E-state index in [1.165, 1.54) is 0 Å². The highest BCUT2D eigenvalue weighted by molar-refractivity contribution is 5.97. The maximum Gasteiger partial charge on any atom is 0.163 e. The fourth-order valence-corrected chi connectivity index (χ4v) is 1.70. The first-order valence-corrected chi connectivity index (χ1v) is 7.21. The first-order chi connectivity index (χ1) is 10.1. The van der Waals surface area contributed by atoms with E-state index in [0.29, 0.717) is 30.3 Å². The van der Waals surface area contributed by atoms with E-state index in [1.807, 2.05) is 13.8 Å². The van der Waals surface area contributed by atoms with E-state index in [4.69, 9.17) is 9.47 Å². The van der Waals surface area contributed by atoms with Crippen LogP contribution in [0.5, 0.6) is 11.5 Å². The number of ether oxygens (including phenoxy) is 2. The van der Waals surface area contributed by atoms with Crippen LogP contribution in [0.1, 0.15) is 49.9 Å². The van der Waals surface area contributed by atoms with Crippen molar-refractivity contribution in [3.63, 3.8) is 0 Å². The van der Waals surface area contributed by atoms with E-state index in [1.54, 1.807) is 18.2 Å². The zero-order chi connectivity index (χ0) is 15.7. The summed E-state index contributed by atoms with van der Waals surface area (Å²) in [6, 6.07) is 4.92. The van der Waals surface area contributed by atoms with Crippen molar-refractivity contribution in [2.45, 2.75) is 39.5 Å². The molecule has 0 aliphatic heterocycles. The molecule has 0 saturated carbocycles. The van der Waals surface area contributed by atoms with Crippen molar-refractivity contribution in [2.75, 3.05) is 13.2 Å². The molecule has 0 aliphatic carbocycles. The van der Waals surface area contributed by atoms with Crippen LogP contribution < -0.4 is 14.6 Å². The molecule has 0 saturated heterocycles. The number of hydrogen-bond acceptors (Lipinski definition) is 5. The van der Waals surface area contributed by atoms with Crippen molar-refractivity contribution in [1.29, 1.82) is 0 Å². The molecule has 0 N–H and O–H groups in total. The summed E-state index contributed by atoms with van der Waals surface area (Å²) < 4.78 is 11.2. The molecule has 1 aromatic rings. The lowest BCUT2D eigenvalue weighted by atomic mass is 10.1. The molecule has 0 fully saturated rings. The monoisotopic (exact) mass is 293 g/mol. The Hall–Kier alpha value is -2.04. The minimum atomic E-state index is -1.23. The molecule has 0 unspecified atom stereocenters. The van der Waals surface area contributed by atoms with Crippen molar-refractivity contribution < 1.29 is 24.2 Å². The lowest BCUT2D eigenvalue weighted by molar-refractivity contribution is -0.305. The number of Topliss-reactive ketones (excluding diaryl/α,β-unsaturated/α-hetero) is 1. The molecule has 116 valence electrons. The highest BCUT2D eigenvalue weighted by Gasteiger charge is 2.12. The largest absolute Gasteiger partial charge is 0.550 e. The molecule has 5 nitrogen and oxygen atoms in total. The molecule has 0 radical (unpaired) electrons. The van der Waals surface area contributed by atoms with Gasteiger partial charge in [0.2, 0.25) is 0 Å². The first kappa shape index (κ1) is 17.0. The number of ketones is 1. The van der Waals surface area contributed by atoms with Crippen LogP contribution in [0.25, 0.3) is 0 Å². The molecular formula is C16H21O5-. The summed E-state index contributed by atoms with van der Waals surface area (Å²) in [6.07, 6.45) is 1.36. The Morgan fingerprint density at radius 2 is 1.62 bits per heavy atom. The SMILES string of the molecule is CCCOc1ccc(C(=O)CCC(=O)[O-])cc1OCCC. The fraction of sp³-hybridized carbons (Fsp3) is 0.500. The van der Waals surface area contributed by atoms with Crippen LogP contribution in [-0.2, 0) is 4.79 Å². The number of carbonyl (C=O) groups excluding carboxylic acids is 2. The van der Waals surface area contributed by atoms with Gasteiger partial charge in [0.1, 0.15) is 0 Å². The third-order valence-corrected chi connectivity index (χ3v) is 2.75. The smallest absolute Gasteiger partial charge is 0.163 e. The molecule has 1 aromatic carbocycles. The van der Waals surface area contributed by atoms with Crippen molar-refractivity contribution >= 4 is 11.8 Å². The van der Waals surface area contributed by atoms with Crippen molar-refractivity contribution in [3.8, 4) is 11.5 Å². The van der Waals surface area contributed by atoms with E-state index in [-0.39, 0.29) is 18.6 Å². The minimum absolute atomic E-state index is 0.0787. The van der Waals surface area contributed by atoms with Crippen LogP contribution >= 0.6 is 0 Å². The molecule has 0 atom stereocenters. The van der Waals surface area contributed by atoms with Crippen molar-refractivity contribution in [3.05, 3.63) is 23.8 Å². The third-order valence-electron chi connectivity index (χ3n) is 2.75. The van der Waals surface area contributed by atoms with Gasteiger partial charge in [-0.3, -0.25) is 4.79 Å². The minimum Gasteiger partial charge on any atom is -0.550 e. The Morgan fingerprint density at radius 3 is 2.19 bits per heavy atom. The molecule has 0 heterocycles. The molecule has 5 heteroatoms. The van der Waals surface area contributed by atoms with Gasteiger partial charge < -0.3 is 19.4 Å². The summed E-state index contributed by atoms with van der Waals surface area (Å²) in [5.41, 5.74) is 0.422. The molecule has 1 rings (SSSR count). The van der Waals surface area contributed by atoms with E-state index in [2.05, 4.69) is 0 Å². The Kier molecular flexibility index (Phi) is 7.29. The average molecular weight is 293 g/mol. The van der Waals surface area contributed by atoms with Crippen LogP contribution in [0.15, 0.2) is 18.2 Å². The van der Waals surface area contributed by atoms with Crippen LogP contribution in [-0.4, -0.2) is 25.0 Å². The normalized spacial score (nSPS) is 10.2. The van der Waals surface area contributed by atoms with Crippen molar-refractivity contribution in [1.82, 2.24) is 0 Å². The summed E-state index contributed by atoms with van der Waals surface area (Å²) in [7, 11) is 0. The second-order valence-corrected chi connectivity index (χ2v) is 4.65. The maximum absolute atomic E-state index is 11.9. The summed E-state index contributed by atoms with van der Waals surface area (Å²) in [5.74, 6) is -0.359. The fourth-order valence-electron chi connectivity index (χ4n) is 1.70. The first-order valence-electron chi connectivity index (χ1n) is 7.21. The van der Waals surface area contributed by atoms with E-state index in [9.17, 15) is 14.7 Å². The number of rotatable bonds is 10. The van der Waals surface area contributed by atoms with Gasteiger partial charge in [-0.15, -0.1) is 0 Å². The van der Waals surface area contributed by atoms with Crippen LogP contribution in [0, 0.1) is 0 Å². The molecule has 0 bridgehead atoms. The number of hydrogen-bond donors (Lipinski definition) is 0. The second kappa shape index (κ2) is 9.00. The van der Waals surface area contributed by atoms with Crippen LogP contribution in [0.2, 0.25) is 0 Å². The van der Waals surface area contributed by atoms with Crippen LogP contribution in [0.4, 0.5) is 0 Å². The van der Waals surface area contributed by atoms with Gasteiger partial charge in [-0.05, 0) is 37.5 Å². The Morgan fingerprint density at radius 1 is 1.00 bits per heavy atom. The molecule has 21 heavy (non-hydrogen) atoms. The predicted octanol–water partition coefficient (Wildman–Crippen LogP) is 1.98. The standard InChI is InChI=1S/C16H22O5/c1-3-9-20-14-7-5-12(11-15(14)21-10-4-2)13(17)6-8-16(18)19/h5,7,11H,3-4,6,8-10H2,1-2H3,(H,18,19)/p-1. The van der Waals surface area contributed by atoms with E-state index in [0.717, 1.165) is 12.8 Å². The van der Waals surface area contributed by atoms with Gasteiger partial charge >= 0.3 is 0 Å². The lowest BCUT2D eigenvalue weighted by Crippen LogP contribution is -2.22. The van der Waals surface area contributed by atoms with E-state index < -0.39 is 5.97 Å². The summed E-state index contributed by atoms with van der Waals surface area (Å²) in [4.78, 5) is 22.3. The third kappa shape index (κ3) is 5.85. The molecule has 0 spiro atoms. The van der Waals surface area contributed by atoms with Gasteiger partial charge in [-0.2, -0.15) is 0 Å². The van der Waals surface area contributed by atoms with Gasteiger partial charge in [-0.1, -0.05) is 13.8 Å². The van der Waals surface area contributed by atoms with Gasteiger partial charge in [-0.25, -0.2) is 0 Å². The zero-order valence-electron chi connectivity index (χ0n) is 12.5. The predicted molar refractivity (Wildman–Crippen MR) is 76.6 cm³/mol. The van der Waals surface area contributed by atoms with Gasteiger partial charge in [0, 0.05) is 18.0 Å². The van der Waals surface area contributed by atoms with Crippen LogP contribution in [0.3, 0.4) is 0 Å². The summed E-state index contributed by atoms with van der Waals surface area (Å²) in [5, 5.41) is 10.4. The number of carbonyl (C=O) groups is 2. The van der Waals surface area contributed by atoms with Crippen molar-refractivity contribution in [2.24, 2.45) is 0 Å². The molecule has 0 aliphatic rings. The topological polar surface area (TPSA) is 75.7 Å². The average Bonchev–Trinajstić information content (AvgIpc) is 2.48. The number of carboxylic acids is 1. The molecular weight excluding hydrogens is 272 g/mol. The quantitative estimate of drug-likeness (QED) is 0.616. The maximum atomic E-state index is 11.9. The zero-order valence-corrected chi connectivity index (χ0v) is 12.5. The highest BCUT2D eigenvalue weighted by Crippen LogP contribution is 2.29. The van der Waals surface area contributed by atoms with Gasteiger partial charge in [0.25, 0.3) is 0 Å². The molecule has 0 aromatic heterocycles. The number of aliphatic carboxylic acids is 1.